The monoisotopic (exact) mass is 508 g/mol. The standard InChI is InChI=1S/C27H22Cl2N2O4/c1-15(2)20-6-4-5-7-22(20)35-27(34)17-9-11-18(12-10-17)30-24-23(29)25(32)31(26(24)33)19-13-8-16(3)21(28)14-19/h4-15,30H,1-3H3. The van der Waals surface area contributed by atoms with E-state index in [0.717, 1.165) is 16.0 Å². The first kappa shape index (κ1) is 24.5. The van der Waals surface area contributed by atoms with Gasteiger partial charge in [-0.15, -0.1) is 0 Å². The number of carbonyl (C=O) groups is 3. The second kappa shape index (κ2) is 9.94. The Morgan fingerprint density at radius 2 is 1.63 bits per heavy atom. The summed E-state index contributed by atoms with van der Waals surface area (Å²) in [4.78, 5) is 39.3. The normalized spacial score (nSPS) is 13.6. The van der Waals surface area contributed by atoms with Crippen LogP contribution < -0.4 is 15.0 Å². The fraction of sp³-hybridized carbons (Fsp3) is 0.148. The van der Waals surface area contributed by atoms with Crippen LogP contribution in [0.3, 0.4) is 0 Å². The Balaban J connectivity index is 1.49. The van der Waals surface area contributed by atoms with Gasteiger partial charge in [0.15, 0.2) is 0 Å². The molecule has 0 radical (unpaired) electrons. The average Bonchev–Trinajstić information content (AvgIpc) is 3.04. The van der Waals surface area contributed by atoms with E-state index in [1.54, 1.807) is 42.5 Å². The Bertz CT molecular complexity index is 1360. The van der Waals surface area contributed by atoms with E-state index in [9.17, 15) is 14.4 Å². The first-order valence-corrected chi connectivity index (χ1v) is 11.7. The molecule has 0 unspecified atom stereocenters. The molecule has 3 aromatic rings. The van der Waals surface area contributed by atoms with Crippen molar-refractivity contribution in [2.24, 2.45) is 0 Å². The lowest BCUT2D eigenvalue weighted by atomic mass is 10.0. The van der Waals surface area contributed by atoms with Crippen molar-refractivity contribution in [3.8, 4) is 5.75 Å². The number of halogens is 2. The summed E-state index contributed by atoms with van der Waals surface area (Å²) >= 11 is 12.4. The molecule has 4 rings (SSSR count). The smallest absolute Gasteiger partial charge is 0.343 e. The molecule has 1 heterocycles. The second-order valence-corrected chi connectivity index (χ2v) is 9.14. The number of imide groups is 1. The highest BCUT2D eigenvalue weighted by Crippen LogP contribution is 2.32. The van der Waals surface area contributed by atoms with E-state index in [0.29, 0.717) is 27.7 Å². The molecule has 0 saturated carbocycles. The predicted octanol–water partition coefficient (Wildman–Crippen LogP) is 6.43. The van der Waals surface area contributed by atoms with Gasteiger partial charge in [0.1, 0.15) is 16.5 Å². The molecule has 0 fully saturated rings. The van der Waals surface area contributed by atoms with Gasteiger partial charge in [-0.1, -0.05) is 61.3 Å². The fourth-order valence-electron chi connectivity index (χ4n) is 3.61. The first-order chi connectivity index (χ1) is 16.7. The predicted molar refractivity (Wildman–Crippen MR) is 137 cm³/mol. The van der Waals surface area contributed by atoms with E-state index in [2.05, 4.69) is 5.32 Å². The van der Waals surface area contributed by atoms with Crippen molar-refractivity contribution in [1.82, 2.24) is 0 Å². The SMILES string of the molecule is Cc1ccc(N2C(=O)C(Cl)=C(Nc3ccc(C(=O)Oc4ccccc4C(C)C)cc3)C2=O)cc1Cl. The maximum absolute atomic E-state index is 13.0. The Kier molecular flexibility index (Phi) is 6.96. The summed E-state index contributed by atoms with van der Waals surface area (Å²) in [5.41, 5.74) is 2.82. The lowest BCUT2D eigenvalue weighted by Crippen LogP contribution is -2.32. The number of benzene rings is 3. The third-order valence-electron chi connectivity index (χ3n) is 5.57. The zero-order valence-corrected chi connectivity index (χ0v) is 20.8. The Labute approximate surface area is 213 Å². The summed E-state index contributed by atoms with van der Waals surface area (Å²) in [6.45, 7) is 5.87. The molecule has 0 aliphatic carbocycles. The van der Waals surface area contributed by atoms with Crippen molar-refractivity contribution in [2.75, 3.05) is 10.2 Å². The summed E-state index contributed by atoms with van der Waals surface area (Å²) in [7, 11) is 0. The number of aryl methyl sites for hydroxylation is 1. The molecule has 35 heavy (non-hydrogen) atoms. The summed E-state index contributed by atoms with van der Waals surface area (Å²) in [5, 5.41) is 3.08. The number of nitrogens with zero attached hydrogens (tertiary/aromatic N) is 1. The van der Waals surface area contributed by atoms with Crippen LogP contribution in [-0.4, -0.2) is 17.8 Å². The summed E-state index contributed by atoms with van der Waals surface area (Å²) in [6, 6.07) is 18.6. The number of anilines is 2. The van der Waals surface area contributed by atoms with Crippen LogP contribution in [0.1, 0.15) is 41.3 Å². The minimum atomic E-state index is -0.650. The van der Waals surface area contributed by atoms with Crippen LogP contribution in [0, 0.1) is 6.92 Å². The topological polar surface area (TPSA) is 75.7 Å². The van der Waals surface area contributed by atoms with Crippen molar-refractivity contribution >= 4 is 52.4 Å². The van der Waals surface area contributed by atoms with Crippen LogP contribution in [0.25, 0.3) is 0 Å². The van der Waals surface area contributed by atoms with E-state index in [1.807, 2.05) is 39.0 Å². The molecule has 6 nitrogen and oxygen atoms in total. The number of ether oxygens (including phenoxy) is 1. The van der Waals surface area contributed by atoms with Crippen LogP contribution in [0.2, 0.25) is 5.02 Å². The number of rotatable bonds is 6. The van der Waals surface area contributed by atoms with Gasteiger partial charge in [-0.3, -0.25) is 9.59 Å². The molecule has 0 aromatic heterocycles. The summed E-state index contributed by atoms with van der Waals surface area (Å²) < 4.78 is 5.59. The minimum absolute atomic E-state index is 0.0606. The third kappa shape index (κ3) is 4.94. The number of para-hydroxylation sites is 1. The summed E-state index contributed by atoms with van der Waals surface area (Å²) in [6.07, 6.45) is 0. The van der Waals surface area contributed by atoms with E-state index in [-0.39, 0.29) is 16.6 Å². The number of hydrogen-bond donors (Lipinski definition) is 1. The molecule has 0 atom stereocenters. The van der Waals surface area contributed by atoms with E-state index in [4.69, 9.17) is 27.9 Å². The molecular formula is C27H22Cl2N2O4. The van der Waals surface area contributed by atoms with Gasteiger partial charge >= 0.3 is 5.97 Å². The van der Waals surface area contributed by atoms with Crippen LogP contribution in [0.5, 0.6) is 5.75 Å². The largest absolute Gasteiger partial charge is 0.423 e. The molecular weight excluding hydrogens is 487 g/mol. The average molecular weight is 509 g/mol. The van der Waals surface area contributed by atoms with Crippen LogP contribution >= 0.6 is 23.2 Å². The van der Waals surface area contributed by atoms with Gasteiger partial charge in [0.25, 0.3) is 11.8 Å². The van der Waals surface area contributed by atoms with Crippen LogP contribution in [0.15, 0.2) is 77.5 Å². The molecule has 2 amide bonds. The Hall–Kier alpha value is -3.61. The second-order valence-electron chi connectivity index (χ2n) is 8.35. The van der Waals surface area contributed by atoms with E-state index >= 15 is 0 Å². The molecule has 3 aromatic carbocycles. The van der Waals surface area contributed by atoms with Crippen molar-refractivity contribution < 1.29 is 19.1 Å². The zero-order chi connectivity index (χ0) is 25.3. The maximum Gasteiger partial charge on any atom is 0.343 e. The lowest BCUT2D eigenvalue weighted by Gasteiger charge is -2.16. The van der Waals surface area contributed by atoms with Gasteiger partial charge in [0, 0.05) is 10.7 Å². The Morgan fingerprint density at radius 1 is 0.943 bits per heavy atom. The maximum atomic E-state index is 13.0. The molecule has 0 bridgehead atoms. The van der Waals surface area contributed by atoms with Gasteiger partial charge in [0.05, 0.1) is 11.3 Å². The van der Waals surface area contributed by atoms with Crippen molar-refractivity contribution in [1.29, 1.82) is 0 Å². The van der Waals surface area contributed by atoms with Gasteiger partial charge in [-0.05, 0) is 66.4 Å². The molecule has 178 valence electrons. The molecule has 8 heteroatoms. The quantitative estimate of drug-likeness (QED) is 0.236. The van der Waals surface area contributed by atoms with E-state index in [1.165, 1.54) is 6.07 Å². The van der Waals surface area contributed by atoms with Gasteiger partial charge in [-0.25, -0.2) is 9.69 Å². The molecule has 0 spiro atoms. The van der Waals surface area contributed by atoms with Gasteiger partial charge in [0.2, 0.25) is 0 Å². The van der Waals surface area contributed by atoms with E-state index < -0.39 is 17.8 Å². The fourth-order valence-corrected chi connectivity index (χ4v) is 4.00. The number of nitrogens with one attached hydrogen (secondary N) is 1. The number of amides is 2. The summed E-state index contributed by atoms with van der Waals surface area (Å²) in [5.74, 6) is -1.04. The molecule has 1 aliphatic rings. The molecule has 0 saturated heterocycles. The highest BCUT2D eigenvalue weighted by Gasteiger charge is 2.39. The Morgan fingerprint density at radius 3 is 2.29 bits per heavy atom. The number of hydrogen-bond acceptors (Lipinski definition) is 5. The minimum Gasteiger partial charge on any atom is -0.423 e. The van der Waals surface area contributed by atoms with Crippen LogP contribution in [-0.2, 0) is 9.59 Å². The number of esters is 1. The highest BCUT2D eigenvalue weighted by molar-refractivity contribution is 6.53. The van der Waals surface area contributed by atoms with Crippen molar-refractivity contribution in [2.45, 2.75) is 26.7 Å². The number of carbonyl (C=O) groups excluding carboxylic acids is 3. The molecule has 1 N–H and O–H groups in total. The first-order valence-electron chi connectivity index (χ1n) is 10.9. The van der Waals surface area contributed by atoms with Gasteiger partial charge in [-0.2, -0.15) is 0 Å². The van der Waals surface area contributed by atoms with Crippen LogP contribution in [0.4, 0.5) is 11.4 Å². The highest BCUT2D eigenvalue weighted by atomic mass is 35.5. The third-order valence-corrected chi connectivity index (χ3v) is 6.33. The van der Waals surface area contributed by atoms with Crippen molar-refractivity contribution in [3.63, 3.8) is 0 Å². The molecule has 1 aliphatic heterocycles. The lowest BCUT2D eigenvalue weighted by molar-refractivity contribution is -0.120. The zero-order valence-electron chi connectivity index (χ0n) is 19.3. The van der Waals surface area contributed by atoms with Gasteiger partial charge < -0.3 is 10.1 Å². The van der Waals surface area contributed by atoms with Crippen molar-refractivity contribution in [3.05, 3.63) is 99.2 Å².